The van der Waals surface area contributed by atoms with Gasteiger partial charge in [-0.3, -0.25) is 10.1 Å². The standard InChI is InChI=1S/C13H10F2N4OS2/c1-7-2-3-10(22-7)9-6-21-13(16-9)17-11(20)8-4-5-19(18-8)12(14)15/h2-6,12H,1H3,(H,16,17,20). The van der Waals surface area contributed by atoms with E-state index in [1.54, 1.807) is 11.3 Å². The highest BCUT2D eigenvalue weighted by Gasteiger charge is 2.15. The highest BCUT2D eigenvalue weighted by molar-refractivity contribution is 7.17. The van der Waals surface area contributed by atoms with Crippen LogP contribution in [0.4, 0.5) is 13.9 Å². The van der Waals surface area contributed by atoms with Gasteiger partial charge in [-0.25, -0.2) is 9.67 Å². The fraction of sp³-hybridized carbons (Fsp3) is 0.154. The first-order chi connectivity index (χ1) is 10.5. The van der Waals surface area contributed by atoms with E-state index >= 15 is 0 Å². The predicted molar refractivity (Wildman–Crippen MR) is 81.6 cm³/mol. The lowest BCUT2D eigenvalue weighted by Gasteiger charge is -1.98. The third-order valence-electron chi connectivity index (χ3n) is 2.76. The van der Waals surface area contributed by atoms with Crippen molar-refractivity contribution in [2.75, 3.05) is 5.32 Å². The molecule has 3 aromatic heterocycles. The van der Waals surface area contributed by atoms with Crippen LogP contribution in [-0.2, 0) is 0 Å². The molecule has 0 aliphatic rings. The van der Waals surface area contributed by atoms with Gasteiger partial charge in [0.25, 0.3) is 5.91 Å². The van der Waals surface area contributed by atoms with E-state index in [1.165, 1.54) is 22.3 Å². The highest BCUT2D eigenvalue weighted by Crippen LogP contribution is 2.30. The number of thiophene rings is 1. The maximum absolute atomic E-state index is 12.4. The lowest BCUT2D eigenvalue weighted by molar-refractivity contribution is 0.0561. The Morgan fingerprint density at radius 2 is 2.18 bits per heavy atom. The minimum absolute atomic E-state index is 0.0796. The Kier molecular flexibility index (Phi) is 3.99. The normalized spacial score (nSPS) is 11.1. The summed E-state index contributed by atoms with van der Waals surface area (Å²) in [6, 6.07) is 5.19. The number of thiazole rings is 1. The van der Waals surface area contributed by atoms with Crippen molar-refractivity contribution in [2.45, 2.75) is 13.5 Å². The van der Waals surface area contributed by atoms with Crippen LogP contribution < -0.4 is 5.32 Å². The van der Waals surface area contributed by atoms with E-state index in [4.69, 9.17) is 0 Å². The molecule has 3 heterocycles. The summed E-state index contributed by atoms with van der Waals surface area (Å²) < 4.78 is 25.3. The second-order valence-electron chi connectivity index (χ2n) is 4.36. The molecule has 1 N–H and O–H groups in total. The molecule has 1 amide bonds. The van der Waals surface area contributed by atoms with Crippen molar-refractivity contribution in [2.24, 2.45) is 0 Å². The van der Waals surface area contributed by atoms with Crippen molar-refractivity contribution in [1.82, 2.24) is 14.8 Å². The van der Waals surface area contributed by atoms with Crippen molar-refractivity contribution < 1.29 is 13.6 Å². The molecule has 0 atom stereocenters. The Labute approximate surface area is 132 Å². The molecule has 0 aromatic carbocycles. The van der Waals surface area contributed by atoms with Crippen molar-refractivity contribution in [3.8, 4) is 10.6 Å². The molecule has 0 saturated carbocycles. The number of hydrogen-bond donors (Lipinski definition) is 1. The van der Waals surface area contributed by atoms with Crippen LogP contribution in [0.1, 0.15) is 21.9 Å². The summed E-state index contributed by atoms with van der Waals surface area (Å²) in [5.74, 6) is -0.567. The van der Waals surface area contributed by atoms with Crippen LogP contribution in [-0.4, -0.2) is 20.7 Å². The van der Waals surface area contributed by atoms with Crippen molar-refractivity contribution >= 4 is 33.7 Å². The molecule has 0 bridgehead atoms. The third-order valence-corrected chi connectivity index (χ3v) is 4.54. The number of nitrogens with zero attached hydrogens (tertiary/aromatic N) is 3. The maximum Gasteiger partial charge on any atom is 0.333 e. The number of aryl methyl sites for hydroxylation is 1. The average molecular weight is 340 g/mol. The van der Waals surface area contributed by atoms with E-state index in [0.29, 0.717) is 9.81 Å². The number of halogens is 2. The molecule has 0 aliphatic heterocycles. The first kappa shape index (κ1) is 14.8. The summed E-state index contributed by atoms with van der Waals surface area (Å²) in [6.45, 7) is -0.766. The molecule has 3 rings (SSSR count). The zero-order valence-electron chi connectivity index (χ0n) is 11.3. The van der Waals surface area contributed by atoms with Crippen LogP contribution in [0.3, 0.4) is 0 Å². The van der Waals surface area contributed by atoms with Gasteiger partial charge in [-0.2, -0.15) is 13.9 Å². The van der Waals surface area contributed by atoms with Gasteiger partial charge in [-0.05, 0) is 25.1 Å². The molecule has 0 radical (unpaired) electrons. The minimum Gasteiger partial charge on any atom is -0.296 e. The van der Waals surface area contributed by atoms with E-state index in [9.17, 15) is 13.6 Å². The molecule has 22 heavy (non-hydrogen) atoms. The summed E-state index contributed by atoms with van der Waals surface area (Å²) in [4.78, 5) is 18.4. The molecule has 0 aliphatic carbocycles. The number of carbonyl (C=O) groups excluding carboxylic acids is 1. The van der Waals surface area contributed by atoms with Gasteiger partial charge in [0.1, 0.15) is 0 Å². The van der Waals surface area contributed by atoms with Crippen LogP contribution in [0.15, 0.2) is 29.8 Å². The zero-order valence-corrected chi connectivity index (χ0v) is 12.9. The van der Waals surface area contributed by atoms with Gasteiger partial charge in [0.2, 0.25) is 0 Å². The van der Waals surface area contributed by atoms with Gasteiger partial charge in [0.15, 0.2) is 10.8 Å². The zero-order chi connectivity index (χ0) is 15.7. The van der Waals surface area contributed by atoms with Crippen LogP contribution in [0.5, 0.6) is 0 Å². The van der Waals surface area contributed by atoms with E-state index in [1.807, 2.05) is 24.4 Å². The molecular weight excluding hydrogens is 330 g/mol. The highest BCUT2D eigenvalue weighted by atomic mass is 32.1. The smallest absolute Gasteiger partial charge is 0.296 e. The first-order valence-electron chi connectivity index (χ1n) is 6.20. The average Bonchev–Trinajstić information content (AvgIpc) is 3.17. The number of alkyl halides is 2. The number of anilines is 1. The van der Waals surface area contributed by atoms with E-state index in [-0.39, 0.29) is 5.69 Å². The molecule has 9 heteroatoms. The molecule has 114 valence electrons. The molecule has 0 unspecified atom stereocenters. The molecule has 3 aromatic rings. The number of aromatic nitrogens is 3. The molecule has 0 spiro atoms. The van der Waals surface area contributed by atoms with Crippen LogP contribution in [0.25, 0.3) is 10.6 Å². The predicted octanol–water partition coefficient (Wildman–Crippen LogP) is 4.02. The maximum atomic E-state index is 12.4. The summed E-state index contributed by atoms with van der Waals surface area (Å²) in [5.41, 5.74) is 0.695. The van der Waals surface area contributed by atoms with Gasteiger partial charge >= 0.3 is 6.55 Å². The Balaban J connectivity index is 1.73. The summed E-state index contributed by atoms with van der Waals surface area (Å²) in [6.07, 6.45) is 1.06. The quantitative estimate of drug-likeness (QED) is 0.780. The van der Waals surface area contributed by atoms with Crippen molar-refractivity contribution in [3.63, 3.8) is 0 Å². The minimum atomic E-state index is -2.77. The molecular formula is C13H10F2N4OS2. The summed E-state index contributed by atoms with van der Waals surface area (Å²) in [7, 11) is 0. The van der Waals surface area contributed by atoms with E-state index < -0.39 is 12.5 Å². The second kappa shape index (κ2) is 5.93. The van der Waals surface area contributed by atoms with Gasteiger partial charge in [-0.15, -0.1) is 22.7 Å². The fourth-order valence-corrected chi connectivity index (χ4v) is 3.35. The Morgan fingerprint density at radius 1 is 1.36 bits per heavy atom. The number of amides is 1. The van der Waals surface area contributed by atoms with Gasteiger partial charge in [-0.1, -0.05) is 0 Å². The van der Waals surface area contributed by atoms with Gasteiger partial charge in [0.05, 0.1) is 10.6 Å². The number of hydrogen-bond acceptors (Lipinski definition) is 5. The SMILES string of the molecule is Cc1ccc(-c2csc(NC(=O)c3ccn(C(F)F)n3)n2)s1. The van der Waals surface area contributed by atoms with E-state index in [2.05, 4.69) is 15.4 Å². The molecule has 0 saturated heterocycles. The van der Waals surface area contributed by atoms with Gasteiger partial charge in [0, 0.05) is 16.5 Å². The summed E-state index contributed by atoms with van der Waals surface area (Å²) in [5, 5.41) is 8.30. The van der Waals surface area contributed by atoms with Gasteiger partial charge < -0.3 is 0 Å². The van der Waals surface area contributed by atoms with Crippen LogP contribution >= 0.6 is 22.7 Å². The molecule has 0 fully saturated rings. The van der Waals surface area contributed by atoms with E-state index in [0.717, 1.165) is 16.8 Å². The third kappa shape index (κ3) is 3.04. The number of carbonyl (C=O) groups is 1. The largest absolute Gasteiger partial charge is 0.333 e. The topological polar surface area (TPSA) is 59.8 Å². The summed E-state index contributed by atoms with van der Waals surface area (Å²) >= 11 is 2.88. The van der Waals surface area contributed by atoms with Crippen molar-refractivity contribution in [1.29, 1.82) is 0 Å². The lowest BCUT2D eigenvalue weighted by atomic mass is 10.4. The van der Waals surface area contributed by atoms with Crippen molar-refractivity contribution in [3.05, 3.63) is 40.3 Å². The fourth-order valence-electron chi connectivity index (χ4n) is 1.75. The number of rotatable bonds is 4. The van der Waals surface area contributed by atoms with Crippen LogP contribution in [0, 0.1) is 6.92 Å². The lowest BCUT2D eigenvalue weighted by Crippen LogP contribution is -2.13. The monoisotopic (exact) mass is 340 g/mol. The first-order valence-corrected chi connectivity index (χ1v) is 7.89. The Hall–Kier alpha value is -2.13. The molecule has 5 nitrogen and oxygen atoms in total. The Bertz CT molecular complexity index is 808. The Morgan fingerprint density at radius 3 is 2.82 bits per heavy atom. The second-order valence-corrected chi connectivity index (χ2v) is 6.51. The van der Waals surface area contributed by atoms with Crippen LogP contribution in [0.2, 0.25) is 0 Å². The number of nitrogens with one attached hydrogen (secondary N) is 1.